The highest BCUT2D eigenvalue weighted by Crippen LogP contribution is 2.32. The van der Waals surface area contributed by atoms with Crippen LogP contribution in [-0.4, -0.2) is 33.0 Å². The molecule has 6 nitrogen and oxygen atoms in total. The molecule has 2 aromatic heterocycles. The van der Waals surface area contributed by atoms with Crippen molar-refractivity contribution in [3.63, 3.8) is 0 Å². The lowest BCUT2D eigenvalue weighted by atomic mass is 10.3. The molecule has 30 heavy (non-hydrogen) atoms. The third-order valence-electron chi connectivity index (χ3n) is 4.41. The van der Waals surface area contributed by atoms with Gasteiger partial charge >= 0.3 is 0 Å². The van der Waals surface area contributed by atoms with Crippen LogP contribution in [0.3, 0.4) is 0 Å². The average molecular weight is 437 g/mol. The van der Waals surface area contributed by atoms with Gasteiger partial charge in [-0.3, -0.25) is 9.36 Å². The zero-order chi connectivity index (χ0) is 20.9. The van der Waals surface area contributed by atoms with Crippen LogP contribution < -0.4 is 10.1 Å². The summed E-state index contributed by atoms with van der Waals surface area (Å²) in [4.78, 5) is 13.8. The minimum atomic E-state index is -0.391. The van der Waals surface area contributed by atoms with Gasteiger partial charge < -0.3 is 10.1 Å². The number of thiophene rings is 1. The maximum atomic E-state index is 12.8. The van der Waals surface area contributed by atoms with Crippen LogP contribution in [0.15, 0.2) is 77.3 Å². The molecule has 0 fully saturated rings. The van der Waals surface area contributed by atoms with Gasteiger partial charge in [0.05, 0.1) is 22.9 Å². The van der Waals surface area contributed by atoms with E-state index in [1.807, 2.05) is 83.6 Å². The summed E-state index contributed by atoms with van der Waals surface area (Å²) < 4.78 is 7.31. The first-order valence-corrected chi connectivity index (χ1v) is 11.1. The number of methoxy groups -OCH3 is 1. The molecule has 4 rings (SSSR count). The fraction of sp³-hybridized carbons (Fsp3) is 0.136. The Hall–Kier alpha value is -3.10. The number of nitrogens with one attached hydrogen (secondary N) is 1. The largest absolute Gasteiger partial charge is 0.495 e. The molecule has 0 aliphatic rings. The van der Waals surface area contributed by atoms with Crippen molar-refractivity contribution < 1.29 is 9.53 Å². The predicted octanol–water partition coefficient (Wildman–Crippen LogP) is 5.12. The van der Waals surface area contributed by atoms with E-state index in [4.69, 9.17) is 4.74 Å². The van der Waals surface area contributed by atoms with E-state index < -0.39 is 5.25 Å². The minimum Gasteiger partial charge on any atom is -0.495 e. The quantitative estimate of drug-likeness (QED) is 0.407. The Morgan fingerprint density at radius 1 is 1.07 bits per heavy atom. The van der Waals surface area contributed by atoms with Gasteiger partial charge in [0.15, 0.2) is 11.0 Å². The third-order valence-corrected chi connectivity index (χ3v) is 6.31. The van der Waals surface area contributed by atoms with Crippen LogP contribution in [0.2, 0.25) is 0 Å². The molecule has 8 heteroatoms. The van der Waals surface area contributed by atoms with Gasteiger partial charge in [0.2, 0.25) is 5.91 Å². The molecular weight excluding hydrogens is 416 g/mol. The second-order valence-corrected chi connectivity index (χ2v) is 8.66. The summed E-state index contributed by atoms with van der Waals surface area (Å²) in [6, 6.07) is 21.3. The minimum absolute atomic E-state index is 0.134. The Bertz CT molecular complexity index is 1130. The summed E-state index contributed by atoms with van der Waals surface area (Å²) in [7, 11) is 1.58. The fourth-order valence-corrected chi connectivity index (χ4v) is 4.48. The van der Waals surface area contributed by atoms with Gasteiger partial charge in [0.25, 0.3) is 0 Å². The van der Waals surface area contributed by atoms with Gasteiger partial charge in [-0.1, -0.05) is 48.2 Å². The van der Waals surface area contributed by atoms with E-state index >= 15 is 0 Å². The third kappa shape index (κ3) is 4.24. The van der Waals surface area contributed by atoms with Crippen molar-refractivity contribution in [2.45, 2.75) is 17.3 Å². The van der Waals surface area contributed by atoms with Gasteiger partial charge in [0.1, 0.15) is 5.75 Å². The molecule has 1 atom stereocenters. The van der Waals surface area contributed by atoms with Crippen LogP contribution in [0.5, 0.6) is 5.75 Å². The van der Waals surface area contributed by atoms with Crippen molar-refractivity contribution >= 4 is 34.7 Å². The van der Waals surface area contributed by atoms with Gasteiger partial charge in [-0.05, 0) is 42.6 Å². The van der Waals surface area contributed by atoms with Gasteiger partial charge in [-0.25, -0.2) is 0 Å². The first-order chi connectivity index (χ1) is 14.7. The van der Waals surface area contributed by atoms with Gasteiger partial charge in [0, 0.05) is 5.69 Å². The van der Waals surface area contributed by atoms with Crippen molar-refractivity contribution in [1.29, 1.82) is 0 Å². The summed E-state index contributed by atoms with van der Waals surface area (Å²) in [5.74, 6) is 1.25. The number of carbonyl (C=O) groups is 1. The molecule has 152 valence electrons. The molecule has 1 amide bonds. The molecule has 0 bridgehead atoms. The SMILES string of the molecule is COc1ccccc1NC(=O)C(C)Sc1nnc(-c2cccs2)n1-c1ccccc1. The van der Waals surface area contributed by atoms with Crippen LogP contribution in [0, 0.1) is 0 Å². The number of hydrogen-bond acceptors (Lipinski definition) is 6. The van der Waals surface area contributed by atoms with E-state index in [1.165, 1.54) is 11.8 Å². The first-order valence-electron chi connectivity index (χ1n) is 9.32. The predicted molar refractivity (Wildman–Crippen MR) is 122 cm³/mol. The second kappa shape index (κ2) is 9.15. The Kier molecular flexibility index (Phi) is 6.15. The lowest BCUT2D eigenvalue weighted by molar-refractivity contribution is -0.115. The first kappa shape index (κ1) is 20.2. The molecule has 0 aliphatic carbocycles. The summed E-state index contributed by atoms with van der Waals surface area (Å²) >= 11 is 2.97. The van der Waals surface area contributed by atoms with E-state index in [0.717, 1.165) is 16.4 Å². The number of anilines is 1. The standard InChI is InChI=1S/C22H20N4O2S2/c1-15(21(27)23-17-11-6-7-12-18(17)28-2)30-22-25-24-20(19-13-8-14-29-19)26(22)16-9-4-3-5-10-16/h3-15H,1-2H3,(H,23,27). The van der Waals surface area contributed by atoms with E-state index in [2.05, 4.69) is 15.5 Å². The molecule has 1 unspecified atom stereocenters. The number of nitrogens with zero attached hydrogens (tertiary/aromatic N) is 3. The molecule has 0 aliphatic heterocycles. The number of aromatic nitrogens is 3. The van der Waals surface area contributed by atoms with Crippen molar-refractivity contribution in [2.75, 3.05) is 12.4 Å². The topological polar surface area (TPSA) is 69.0 Å². The number of ether oxygens (including phenoxy) is 1. The van der Waals surface area contributed by atoms with Crippen LogP contribution in [-0.2, 0) is 4.79 Å². The number of thioether (sulfide) groups is 1. The summed E-state index contributed by atoms with van der Waals surface area (Å²) in [5.41, 5.74) is 1.59. The molecule has 2 heterocycles. The molecule has 2 aromatic carbocycles. The van der Waals surface area contributed by atoms with Crippen molar-refractivity contribution in [1.82, 2.24) is 14.8 Å². The number of benzene rings is 2. The maximum absolute atomic E-state index is 12.8. The smallest absolute Gasteiger partial charge is 0.237 e. The van der Waals surface area contributed by atoms with Crippen molar-refractivity contribution in [2.24, 2.45) is 0 Å². The molecule has 0 radical (unpaired) electrons. The molecule has 0 saturated carbocycles. The second-order valence-electron chi connectivity index (χ2n) is 6.40. The van der Waals surface area contributed by atoms with Crippen LogP contribution >= 0.6 is 23.1 Å². The summed E-state index contributed by atoms with van der Waals surface area (Å²) in [6.07, 6.45) is 0. The van der Waals surface area contributed by atoms with Crippen LogP contribution in [0.1, 0.15) is 6.92 Å². The van der Waals surface area contributed by atoms with Crippen molar-refractivity contribution in [3.05, 3.63) is 72.1 Å². The fourth-order valence-electron chi connectivity index (χ4n) is 2.92. The van der Waals surface area contributed by atoms with Crippen LogP contribution in [0.4, 0.5) is 5.69 Å². The van der Waals surface area contributed by atoms with E-state index in [0.29, 0.717) is 16.6 Å². The molecule has 4 aromatic rings. The van der Waals surface area contributed by atoms with Gasteiger partial charge in [-0.15, -0.1) is 21.5 Å². The normalized spacial score (nSPS) is 11.8. The van der Waals surface area contributed by atoms with E-state index in [1.54, 1.807) is 18.4 Å². The van der Waals surface area contributed by atoms with E-state index in [9.17, 15) is 4.79 Å². The lowest BCUT2D eigenvalue weighted by Crippen LogP contribution is -2.23. The highest BCUT2D eigenvalue weighted by atomic mass is 32.2. The number of carbonyl (C=O) groups excluding carboxylic acids is 1. The Labute approximate surface area is 182 Å². The molecule has 0 saturated heterocycles. The van der Waals surface area contributed by atoms with Gasteiger partial charge in [-0.2, -0.15) is 0 Å². The Morgan fingerprint density at radius 3 is 2.57 bits per heavy atom. The number of amides is 1. The lowest BCUT2D eigenvalue weighted by Gasteiger charge is -2.15. The Balaban J connectivity index is 1.60. The number of rotatable bonds is 7. The summed E-state index contributed by atoms with van der Waals surface area (Å²) in [5, 5.41) is 14.0. The van der Waals surface area contributed by atoms with Crippen LogP contribution in [0.25, 0.3) is 16.4 Å². The zero-order valence-corrected chi connectivity index (χ0v) is 18.1. The van der Waals surface area contributed by atoms with E-state index in [-0.39, 0.29) is 5.91 Å². The molecular formula is C22H20N4O2S2. The number of para-hydroxylation sites is 3. The Morgan fingerprint density at radius 2 is 1.83 bits per heavy atom. The average Bonchev–Trinajstić information content (AvgIpc) is 3.44. The summed E-state index contributed by atoms with van der Waals surface area (Å²) in [6.45, 7) is 1.85. The highest BCUT2D eigenvalue weighted by molar-refractivity contribution is 8.00. The molecule has 0 spiro atoms. The maximum Gasteiger partial charge on any atom is 0.237 e. The zero-order valence-electron chi connectivity index (χ0n) is 16.5. The highest BCUT2D eigenvalue weighted by Gasteiger charge is 2.22. The monoisotopic (exact) mass is 436 g/mol. The van der Waals surface area contributed by atoms with Crippen molar-refractivity contribution in [3.8, 4) is 22.1 Å². The molecule has 1 N–H and O–H groups in total. The number of hydrogen-bond donors (Lipinski definition) is 1.